The number of hydrogen-bond acceptors (Lipinski definition) is 3. The summed E-state index contributed by atoms with van der Waals surface area (Å²) in [5.74, 6) is 0.340. The summed E-state index contributed by atoms with van der Waals surface area (Å²) in [5.41, 5.74) is 2.56. The maximum absolute atomic E-state index is 12.5. The minimum atomic E-state index is 0.00464. The molecule has 6 heteroatoms. The van der Waals surface area contributed by atoms with E-state index in [1.54, 1.807) is 0 Å². The molecule has 0 spiro atoms. The number of amides is 3. The van der Waals surface area contributed by atoms with Crippen LogP contribution < -0.4 is 5.32 Å². The lowest BCUT2D eigenvalue weighted by Gasteiger charge is -2.32. The van der Waals surface area contributed by atoms with Crippen molar-refractivity contribution in [1.29, 1.82) is 0 Å². The number of hydrogen-bond donors (Lipinski definition) is 1. The number of piperidine rings is 1. The molecule has 0 radical (unpaired) electrons. The second-order valence-electron chi connectivity index (χ2n) is 8.51. The average Bonchev–Trinajstić information content (AvgIpc) is 2.72. The van der Waals surface area contributed by atoms with Crippen molar-refractivity contribution < 1.29 is 14.4 Å². The summed E-state index contributed by atoms with van der Waals surface area (Å²) >= 11 is 0. The topological polar surface area (TPSA) is 69.7 Å². The molecule has 2 aliphatic rings. The van der Waals surface area contributed by atoms with Gasteiger partial charge in [0.2, 0.25) is 17.7 Å². The highest BCUT2D eigenvalue weighted by Gasteiger charge is 2.27. The van der Waals surface area contributed by atoms with Gasteiger partial charge < -0.3 is 15.1 Å². The van der Waals surface area contributed by atoms with Crippen LogP contribution >= 0.6 is 0 Å². The first kappa shape index (κ1) is 21.3. The molecule has 1 aromatic carbocycles. The molecule has 0 aromatic heterocycles. The van der Waals surface area contributed by atoms with E-state index in [9.17, 15) is 14.4 Å². The predicted molar refractivity (Wildman–Crippen MR) is 112 cm³/mol. The van der Waals surface area contributed by atoms with Gasteiger partial charge in [0.1, 0.15) is 0 Å². The van der Waals surface area contributed by atoms with Crippen LogP contribution in [0.2, 0.25) is 0 Å². The Labute approximate surface area is 173 Å². The number of carbonyl (C=O) groups excluding carboxylic acids is 3. The Morgan fingerprint density at radius 3 is 2.24 bits per heavy atom. The van der Waals surface area contributed by atoms with Crippen molar-refractivity contribution in [3.8, 4) is 0 Å². The van der Waals surface area contributed by atoms with E-state index in [0.29, 0.717) is 38.9 Å². The van der Waals surface area contributed by atoms with Crippen molar-refractivity contribution >= 4 is 17.7 Å². The average molecular weight is 400 g/mol. The van der Waals surface area contributed by atoms with E-state index in [0.717, 1.165) is 25.8 Å². The van der Waals surface area contributed by atoms with Gasteiger partial charge in [-0.1, -0.05) is 24.3 Å². The van der Waals surface area contributed by atoms with Gasteiger partial charge in [-0.15, -0.1) is 0 Å². The zero-order chi connectivity index (χ0) is 20.8. The monoisotopic (exact) mass is 399 g/mol. The summed E-state index contributed by atoms with van der Waals surface area (Å²) in [7, 11) is 0. The third-order valence-electron chi connectivity index (χ3n) is 5.91. The van der Waals surface area contributed by atoms with Crippen LogP contribution in [0.4, 0.5) is 0 Å². The molecule has 2 aliphatic heterocycles. The summed E-state index contributed by atoms with van der Waals surface area (Å²) in [4.78, 5) is 40.9. The smallest absolute Gasteiger partial charge is 0.223 e. The zero-order valence-electron chi connectivity index (χ0n) is 17.7. The Balaban J connectivity index is 1.36. The van der Waals surface area contributed by atoms with Gasteiger partial charge in [-0.3, -0.25) is 14.4 Å². The minimum absolute atomic E-state index is 0.00464. The summed E-state index contributed by atoms with van der Waals surface area (Å²) in [5, 5.41) is 2.96. The molecule has 2 heterocycles. The van der Waals surface area contributed by atoms with Gasteiger partial charge in [-0.05, 0) is 50.7 Å². The first-order valence-corrected chi connectivity index (χ1v) is 10.9. The van der Waals surface area contributed by atoms with Gasteiger partial charge in [0.25, 0.3) is 0 Å². The van der Waals surface area contributed by atoms with E-state index in [1.807, 2.05) is 35.8 Å². The number of carbonyl (C=O) groups is 3. The van der Waals surface area contributed by atoms with Crippen molar-refractivity contribution in [2.45, 2.75) is 65.0 Å². The van der Waals surface area contributed by atoms with E-state index >= 15 is 0 Å². The fourth-order valence-corrected chi connectivity index (χ4v) is 4.21. The van der Waals surface area contributed by atoms with Crippen molar-refractivity contribution in [3.05, 3.63) is 35.4 Å². The highest BCUT2D eigenvalue weighted by molar-refractivity contribution is 5.81. The van der Waals surface area contributed by atoms with E-state index in [1.165, 1.54) is 11.1 Å². The Bertz CT molecular complexity index is 739. The van der Waals surface area contributed by atoms with Crippen molar-refractivity contribution in [2.24, 2.45) is 5.92 Å². The number of nitrogens with zero attached hydrogens (tertiary/aromatic N) is 2. The molecule has 29 heavy (non-hydrogen) atoms. The molecule has 0 atom stereocenters. The molecule has 0 unspecified atom stereocenters. The number of benzene rings is 1. The van der Waals surface area contributed by atoms with Crippen LogP contribution in [0.15, 0.2) is 24.3 Å². The minimum Gasteiger partial charge on any atom is -0.354 e. The second kappa shape index (κ2) is 9.90. The molecule has 1 fully saturated rings. The summed E-state index contributed by atoms with van der Waals surface area (Å²) < 4.78 is 0. The van der Waals surface area contributed by atoms with Crippen LogP contribution in [0, 0.1) is 5.92 Å². The number of nitrogens with one attached hydrogen (secondary N) is 1. The summed E-state index contributed by atoms with van der Waals surface area (Å²) in [6, 6.07) is 8.42. The lowest BCUT2D eigenvalue weighted by Crippen LogP contribution is -2.44. The Morgan fingerprint density at radius 2 is 1.59 bits per heavy atom. The number of rotatable bonds is 6. The molecule has 3 amide bonds. The first-order valence-electron chi connectivity index (χ1n) is 10.9. The van der Waals surface area contributed by atoms with Gasteiger partial charge in [0.15, 0.2) is 0 Å². The van der Waals surface area contributed by atoms with Crippen molar-refractivity contribution in [3.63, 3.8) is 0 Å². The highest BCUT2D eigenvalue weighted by Crippen LogP contribution is 2.21. The fraction of sp³-hybridized carbons (Fsp3) is 0.609. The third-order valence-corrected chi connectivity index (χ3v) is 5.91. The third kappa shape index (κ3) is 5.81. The highest BCUT2D eigenvalue weighted by atomic mass is 16.2. The predicted octanol–water partition coefficient (Wildman–Crippen LogP) is 2.50. The molecule has 1 aromatic rings. The largest absolute Gasteiger partial charge is 0.354 e. The van der Waals surface area contributed by atoms with Gasteiger partial charge in [-0.2, -0.15) is 0 Å². The molecule has 0 aliphatic carbocycles. The molecule has 1 N–H and O–H groups in total. The first-order chi connectivity index (χ1) is 13.9. The molecule has 6 nitrogen and oxygen atoms in total. The quantitative estimate of drug-likeness (QED) is 0.799. The molecular formula is C23H33N3O3. The summed E-state index contributed by atoms with van der Waals surface area (Å²) in [6.45, 7) is 6.61. The molecule has 0 bridgehead atoms. The normalized spacial score (nSPS) is 17.2. The van der Waals surface area contributed by atoms with Crippen LogP contribution in [0.5, 0.6) is 0 Å². The number of likely N-dealkylation sites (tertiary alicyclic amines) is 1. The van der Waals surface area contributed by atoms with Crippen LogP contribution in [0.3, 0.4) is 0 Å². The van der Waals surface area contributed by atoms with Gasteiger partial charge in [-0.25, -0.2) is 0 Å². The standard InChI is InChI=1S/C23H33N3O3/c1-17(2)24-23(29)19-11-13-25(14-12-19)21(27)8-5-9-22(28)26-15-10-18-6-3-4-7-20(18)16-26/h3-4,6-7,17,19H,5,8-16H2,1-2H3,(H,24,29). The van der Waals surface area contributed by atoms with E-state index in [-0.39, 0.29) is 29.7 Å². The van der Waals surface area contributed by atoms with Crippen LogP contribution in [-0.4, -0.2) is 53.2 Å². The van der Waals surface area contributed by atoms with E-state index < -0.39 is 0 Å². The molecular weight excluding hydrogens is 366 g/mol. The van der Waals surface area contributed by atoms with Gasteiger partial charge in [0.05, 0.1) is 0 Å². The van der Waals surface area contributed by atoms with Crippen LogP contribution in [0.25, 0.3) is 0 Å². The Morgan fingerprint density at radius 1 is 0.966 bits per heavy atom. The fourth-order valence-electron chi connectivity index (χ4n) is 4.21. The maximum Gasteiger partial charge on any atom is 0.223 e. The maximum atomic E-state index is 12.5. The number of fused-ring (bicyclic) bond motifs is 1. The molecule has 158 valence electrons. The summed E-state index contributed by atoms with van der Waals surface area (Å²) in [6.07, 6.45) is 3.75. The van der Waals surface area contributed by atoms with Crippen LogP contribution in [0.1, 0.15) is 57.1 Å². The molecule has 0 saturated carbocycles. The van der Waals surface area contributed by atoms with Crippen molar-refractivity contribution in [1.82, 2.24) is 15.1 Å². The van der Waals surface area contributed by atoms with Crippen molar-refractivity contribution in [2.75, 3.05) is 19.6 Å². The lowest BCUT2D eigenvalue weighted by molar-refractivity contribution is -0.136. The van der Waals surface area contributed by atoms with Crippen LogP contribution in [-0.2, 0) is 27.3 Å². The SMILES string of the molecule is CC(C)NC(=O)C1CCN(C(=O)CCCC(=O)N2CCc3ccccc3C2)CC1. The molecule has 1 saturated heterocycles. The Hall–Kier alpha value is -2.37. The van der Waals surface area contributed by atoms with E-state index in [4.69, 9.17) is 0 Å². The zero-order valence-corrected chi connectivity index (χ0v) is 17.7. The van der Waals surface area contributed by atoms with E-state index in [2.05, 4.69) is 17.4 Å². The Kier molecular flexibility index (Phi) is 7.29. The van der Waals surface area contributed by atoms with Gasteiger partial charge >= 0.3 is 0 Å². The lowest BCUT2D eigenvalue weighted by atomic mass is 9.95. The second-order valence-corrected chi connectivity index (χ2v) is 8.51. The van der Waals surface area contributed by atoms with Gasteiger partial charge in [0, 0.05) is 51.0 Å². The molecule has 3 rings (SSSR count).